The van der Waals surface area contributed by atoms with Crippen LogP contribution in [0.1, 0.15) is 10.4 Å². The molecule has 8 heteroatoms. The zero-order valence-electron chi connectivity index (χ0n) is 15.6. The third-order valence-corrected chi connectivity index (χ3v) is 4.66. The highest BCUT2D eigenvalue weighted by Crippen LogP contribution is 2.32. The largest absolute Gasteiger partial charge is 0.454 e. The quantitative estimate of drug-likeness (QED) is 0.557. The molecule has 0 fully saturated rings. The lowest BCUT2D eigenvalue weighted by molar-refractivity contribution is 0.102. The van der Waals surface area contributed by atoms with Gasteiger partial charge in [-0.15, -0.1) is 5.10 Å². The SMILES string of the molecule is O=C(Nc1ccc(-c2cn(-c3ccc(F)cc3)nn2)cc1)c1ccc2c(c1)OCO2. The fourth-order valence-corrected chi connectivity index (χ4v) is 3.08. The van der Waals surface area contributed by atoms with E-state index in [1.807, 2.05) is 12.1 Å². The fourth-order valence-electron chi connectivity index (χ4n) is 3.08. The number of hydrogen-bond donors (Lipinski definition) is 1. The number of benzene rings is 3. The minimum atomic E-state index is -0.308. The Bertz CT molecular complexity index is 1220. The van der Waals surface area contributed by atoms with Crippen LogP contribution in [0.15, 0.2) is 72.9 Å². The summed E-state index contributed by atoms with van der Waals surface area (Å²) in [4.78, 5) is 12.5. The molecule has 0 atom stereocenters. The Morgan fingerprint density at radius 1 is 0.967 bits per heavy atom. The van der Waals surface area contributed by atoms with Crippen molar-refractivity contribution in [1.82, 2.24) is 15.0 Å². The van der Waals surface area contributed by atoms with Gasteiger partial charge in [-0.3, -0.25) is 4.79 Å². The molecule has 0 unspecified atom stereocenters. The van der Waals surface area contributed by atoms with Crippen molar-refractivity contribution in [2.75, 3.05) is 12.1 Å². The molecule has 148 valence electrons. The van der Waals surface area contributed by atoms with Gasteiger partial charge in [0.1, 0.15) is 11.5 Å². The van der Waals surface area contributed by atoms with Crippen LogP contribution in [0.5, 0.6) is 11.5 Å². The molecule has 1 N–H and O–H groups in total. The first-order valence-corrected chi connectivity index (χ1v) is 9.15. The molecule has 1 aromatic heterocycles. The number of carbonyl (C=O) groups is 1. The molecule has 0 bridgehead atoms. The van der Waals surface area contributed by atoms with Gasteiger partial charge in [-0.2, -0.15) is 0 Å². The van der Waals surface area contributed by atoms with Crippen LogP contribution in [-0.2, 0) is 0 Å². The molecule has 1 aliphatic rings. The van der Waals surface area contributed by atoms with Crippen LogP contribution in [0.25, 0.3) is 16.9 Å². The Morgan fingerprint density at radius 2 is 1.73 bits per heavy atom. The van der Waals surface area contributed by atoms with Crippen LogP contribution in [0, 0.1) is 5.82 Å². The van der Waals surface area contributed by atoms with E-state index in [4.69, 9.17) is 9.47 Å². The lowest BCUT2D eigenvalue weighted by atomic mass is 10.1. The van der Waals surface area contributed by atoms with Crippen molar-refractivity contribution >= 4 is 11.6 Å². The lowest BCUT2D eigenvalue weighted by Crippen LogP contribution is -2.11. The van der Waals surface area contributed by atoms with Gasteiger partial charge in [-0.1, -0.05) is 17.3 Å². The lowest BCUT2D eigenvalue weighted by Gasteiger charge is -2.06. The van der Waals surface area contributed by atoms with Crippen LogP contribution in [0.2, 0.25) is 0 Å². The standard InChI is InChI=1S/C22H15FN4O3/c23-16-4-8-18(9-5-16)27-12-19(25-26-27)14-1-6-17(7-2-14)24-22(28)15-3-10-20-21(11-15)30-13-29-20/h1-12H,13H2,(H,24,28). The van der Waals surface area contributed by atoms with Crippen molar-refractivity contribution in [2.24, 2.45) is 0 Å². The molecule has 0 aliphatic carbocycles. The zero-order chi connectivity index (χ0) is 20.5. The average molecular weight is 402 g/mol. The molecule has 1 aliphatic heterocycles. The Morgan fingerprint density at radius 3 is 2.53 bits per heavy atom. The molecule has 5 rings (SSSR count). The zero-order valence-corrected chi connectivity index (χ0v) is 15.6. The van der Waals surface area contributed by atoms with Crippen LogP contribution in [-0.4, -0.2) is 27.7 Å². The van der Waals surface area contributed by atoms with Crippen molar-refractivity contribution in [3.05, 3.63) is 84.3 Å². The topological polar surface area (TPSA) is 78.3 Å². The molecule has 0 spiro atoms. The minimum absolute atomic E-state index is 0.160. The summed E-state index contributed by atoms with van der Waals surface area (Å²) in [5, 5.41) is 11.1. The van der Waals surface area contributed by atoms with Crippen molar-refractivity contribution in [1.29, 1.82) is 0 Å². The van der Waals surface area contributed by atoms with E-state index in [0.29, 0.717) is 34.1 Å². The van der Waals surface area contributed by atoms with E-state index in [1.165, 1.54) is 12.1 Å². The maximum absolute atomic E-state index is 13.1. The molecule has 2 heterocycles. The highest BCUT2D eigenvalue weighted by atomic mass is 19.1. The third kappa shape index (κ3) is 3.46. The van der Waals surface area contributed by atoms with Crippen molar-refractivity contribution in [2.45, 2.75) is 0 Å². The average Bonchev–Trinajstić information content (AvgIpc) is 3.44. The Hall–Kier alpha value is -4.20. The molecule has 1 amide bonds. The molecule has 30 heavy (non-hydrogen) atoms. The Balaban J connectivity index is 1.30. The van der Waals surface area contributed by atoms with Crippen LogP contribution < -0.4 is 14.8 Å². The van der Waals surface area contributed by atoms with Gasteiger partial charge in [0.05, 0.1) is 11.9 Å². The molecule has 7 nitrogen and oxygen atoms in total. The molecule has 0 saturated carbocycles. The number of amides is 1. The van der Waals surface area contributed by atoms with Gasteiger partial charge >= 0.3 is 0 Å². The smallest absolute Gasteiger partial charge is 0.255 e. The number of halogens is 1. The first-order chi connectivity index (χ1) is 14.7. The summed E-state index contributed by atoms with van der Waals surface area (Å²) in [7, 11) is 0. The highest BCUT2D eigenvalue weighted by Gasteiger charge is 2.16. The van der Waals surface area contributed by atoms with Gasteiger partial charge in [-0.05, 0) is 54.6 Å². The van der Waals surface area contributed by atoms with E-state index in [-0.39, 0.29) is 18.5 Å². The number of carbonyl (C=O) groups excluding carboxylic acids is 1. The number of hydrogen-bond acceptors (Lipinski definition) is 5. The molecular formula is C22H15FN4O3. The van der Waals surface area contributed by atoms with Crippen molar-refractivity contribution < 1.29 is 18.7 Å². The summed E-state index contributed by atoms with van der Waals surface area (Å²) in [6.07, 6.45) is 1.76. The summed E-state index contributed by atoms with van der Waals surface area (Å²) in [5.41, 5.74) is 3.33. The van der Waals surface area contributed by atoms with E-state index in [0.717, 1.165) is 5.56 Å². The molecule has 3 aromatic carbocycles. The number of ether oxygens (including phenoxy) is 2. The second-order valence-electron chi connectivity index (χ2n) is 6.62. The summed E-state index contributed by atoms with van der Waals surface area (Å²) in [5.74, 6) is 0.632. The number of aromatic nitrogens is 3. The number of fused-ring (bicyclic) bond motifs is 1. The fraction of sp³-hybridized carbons (Fsp3) is 0.0455. The van der Waals surface area contributed by atoms with E-state index in [9.17, 15) is 9.18 Å². The van der Waals surface area contributed by atoms with E-state index >= 15 is 0 Å². The second-order valence-corrected chi connectivity index (χ2v) is 6.62. The summed E-state index contributed by atoms with van der Waals surface area (Å²) >= 11 is 0. The van der Waals surface area contributed by atoms with Gasteiger partial charge in [0.15, 0.2) is 11.5 Å². The summed E-state index contributed by atoms with van der Waals surface area (Å²) in [6, 6.07) is 18.3. The maximum atomic E-state index is 13.1. The first kappa shape index (κ1) is 17.9. The number of nitrogens with one attached hydrogen (secondary N) is 1. The number of nitrogens with zero attached hydrogens (tertiary/aromatic N) is 3. The van der Waals surface area contributed by atoms with Gasteiger partial charge in [0.25, 0.3) is 5.91 Å². The van der Waals surface area contributed by atoms with Gasteiger partial charge in [0.2, 0.25) is 6.79 Å². The van der Waals surface area contributed by atoms with Gasteiger partial charge in [-0.25, -0.2) is 9.07 Å². The number of rotatable bonds is 4. The monoisotopic (exact) mass is 402 g/mol. The number of anilines is 1. The van der Waals surface area contributed by atoms with Crippen molar-refractivity contribution in [3.8, 4) is 28.4 Å². The predicted molar refractivity (Wildman–Crippen MR) is 107 cm³/mol. The molecule has 4 aromatic rings. The second kappa shape index (κ2) is 7.32. The van der Waals surface area contributed by atoms with Crippen LogP contribution in [0.4, 0.5) is 10.1 Å². The minimum Gasteiger partial charge on any atom is -0.454 e. The first-order valence-electron chi connectivity index (χ1n) is 9.15. The molecular weight excluding hydrogens is 387 g/mol. The third-order valence-electron chi connectivity index (χ3n) is 4.66. The predicted octanol–water partition coefficient (Wildman–Crippen LogP) is 4.05. The van der Waals surface area contributed by atoms with Crippen LogP contribution >= 0.6 is 0 Å². The Labute approximate surface area is 170 Å². The van der Waals surface area contributed by atoms with Gasteiger partial charge < -0.3 is 14.8 Å². The Kier molecular flexibility index (Phi) is 4.36. The van der Waals surface area contributed by atoms with Gasteiger partial charge in [0, 0.05) is 16.8 Å². The molecule has 0 radical (unpaired) electrons. The normalized spacial score (nSPS) is 12.0. The van der Waals surface area contributed by atoms with E-state index in [1.54, 1.807) is 53.3 Å². The summed E-state index contributed by atoms with van der Waals surface area (Å²) < 4.78 is 25.2. The summed E-state index contributed by atoms with van der Waals surface area (Å²) in [6.45, 7) is 0.160. The van der Waals surface area contributed by atoms with E-state index in [2.05, 4.69) is 15.6 Å². The molecule has 0 saturated heterocycles. The van der Waals surface area contributed by atoms with Crippen LogP contribution in [0.3, 0.4) is 0 Å². The maximum Gasteiger partial charge on any atom is 0.255 e. The van der Waals surface area contributed by atoms with E-state index < -0.39 is 0 Å². The van der Waals surface area contributed by atoms with Crippen molar-refractivity contribution in [3.63, 3.8) is 0 Å². The highest BCUT2D eigenvalue weighted by molar-refractivity contribution is 6.04.